The molecule has 0 N–H and O–H groups in total. The summed E-state index contributed by atoms with van der Waals surface area (Å²) in [5.41, 5.74) is 10.2. The van der Waals surface area contributed by atoms with Gasteiger partial charge in [0, 0.05) is 16.7 Å². The van der Waals surface area contributed by atoms with Crippen LogP contribution in [-0.2, 0) is 0 Å². The number of benzene rings is 8. The van der Waals surface area contributed by atoms with Crippen molar-refractivity contribution in [2.75, 3.05) is 0 Å². The van der Waals surface area contributed by atoms with Crippen molar-refractivity contribution in [1.29, 1.82) is 0 Å². The first-order chi connectivity index (χ1) is 26.0. The highest BCUT2D eigenvalue weighted by atomic mass is 28.3. The fraction of sp³-hybridized carbons (Fsp3) is 0.0408. The lowest BCUT2D eigenvalue weighted by Crippen LogP contribution is -2.49. The maximum absolute atomic E-state index is 5.31. The van der Waals surface area contributed by atoms with Gasteiger partial charge in [-0.3, -0.25) is 0 Å². The number of aromatic nitrogens is 3. The van der Waals surface area contributed by atoms with Gasteiger partial charge in [-0.2, -0.15) is 0 Å². The van der Waals surface area contributed by atoms with Gasteiger partial charge >= 0.3 is 0 Å². The van der Waals surface area contributed by atoms with Crippen molar-refractivity contribution in [3.05, 3.63) is 176 Å². The van der Waals surface area contributed by atoms with E-state index in [1.54, 1.807) is 0 Å². The van der Waals surface area contributed by atoms with Crippen LogP contribution in [0.15, 0.2) is 176 Å². The standard InChI is InChI=1S/C49H35N3Si/c1-53(2)44-22-12-21-42(46(44)43-30-35-17-9-10-18-36(35)31-45(43)53)49-51-47(40-20-11-19-34(28-40)32-13-5-3-6-14-32)50-48(52-49)41-26-25-38-27-37(23-24-39(38)29-41)33-15-7-4-8-16-33/h3-31H,1-2H3. The molecular weight excluding hydrogens is 659 g/mol. The van der Waals surface area contributed by atoms with E-state index in [9.17, 15) is 0 Å². The fourth-order valence-electron chi connectivity index (χ4n) is 8.08. The molecule has 0 spiro atoms. The Kier molecular flexibility index (Phi) is 7.27. The molecule has 8 aromatic carbocycles. The third kappa shape index (κ3) is 5.38. The predicted octanol–water partition coefficient (Wildman–Crippen LogP) is 11.3. The van der Waals surface area contributed by atoms with Gasteiger partial charge < -0.3 is 0 Å². The Balaban J connectivity index is 1.17. The smallest absolute Gasteiger partial charge is 0.164 e. The lowest BCUT2D eigenvalue weighted by Gasteiger charge is -2.19. The van der Waals surface area contributed by atoms with Crippen molar-refractivity contribution in [3.63, 3.8) is 0 Å². The molecule has 2 heterocycles. The van der Waals surface area contributed by atoms with Crippen LogP contribution in [-0.4, -0.2) is 23.0 Å². The molecule has 0 bridgehead atoms. The van der Waals surface area contributed by atoms with Crippen molar-refractivity contribution in [2.24, 2.45) is 0 Å². The highest BCUT2D eigenvalue weighted by molar-refractivity contribution is 7.04. The Bertz CT molecular complexity index is 2860. The quantitative estimate of drug-likeness (QED) is 0.168. The van der Waals surface area contributed by atoms with Gasteiger partial charge in [-0.05, 0) is 89.6 Å². The van der Waals surface area contributed by atoms with Crippen LogP contribution < -0.4 is 10.4 Å². The van der Waals surface area contributed by atoms with Crippen LogP contribution in [0.3, 0.4) is 0 Å². The Morgan fingerprint density at radius 3 is 1.51 bits per heavy atom. The second-order valence-corrected chi connectivity index (χ2v) is 18.8. The van der Waals surface area contributed by atoms with Crippen molar-refractivity contribution >= 4 is 40.0 Å². The molecule has 0 unspecified atom stereocenters. The summed E-state index contributed by atoms with van der Waals surface area (Å²) in [6.45, 7) is 4.93. The van der Waals surface area contributed by atoms with E-state index in [0.717, 1.165) is 33.2 Å². The molecule has 250 valence electrons. The highest BCUT2D eigenvalue weighted by Gasteiger charge is 2.39. The summed E-state index contributed by atoms with van der Waals surface area (Å²) >= 11 is 0. The second-order valence-electron chi connectivity index (χ2n) is 14.5. The molecule has 0 saturated carbocycles. The summed E-state index contributed by atoms with van der Waals surface area (Å²) in [6.07, 6.45) is 0. The molecule has 0 amide bonds. The fourth-order valence-corrected chi connectivity index (χ4v) is 11.2. The van der Waals surface area contributed by atoms with E-state index in [1.165, 1.54) is 48.8 Å². The summed E-state index contributed by atoms with van der Waals surface area (Å²) in [4.78, 5) is 15.8. The largest absolute Gasteiger partial charge is 0.208 e. The average Bonchev–Trinajstić information content (AvgIpc) is 3.45. The topological polar surface area (TPSA) is 38.7 Å². The Labute approximate surface area is 310 Å². The molecule has 1 aliphatic heterocycles. The summed E-state index contributed by atoms with van der Waals surface area (Å²) in [5.74, 6) is 2.01. The zero-order valence-electron chi connectivity index (χ0n) is 29.6. The SMILES string of the molecule is C[Si]1(C)c2cc3ccccc3cc2-c2c(-c3nc(-c4cccc(-c5ccccc5)c4)nc(-c4ccc5cc(-c6ccccc6)ccc5c4)n3)cccc21. The maximum atomic E-state index is 5.31. The number of hydrogen-bond donors (Lipinski definition) is 0. The average molecular weight is 694 g/mol. The zero-order chi connectivity index (χ0) is 35.5. The minimum Gasteiger partial charge on any atom is -0.208 e. The molecule has 1 aromatic heterocycles. The van der Waals surface area contributed by atoms with Gasteiger partial charge in [0.1, 0.15) is 8.07 Å². The molecule has 0 fully saturated rings. The van der Waals surface area contributed by atoms with Gasteiger partial charge in [-0.1, -0.05) is 165 Å². The van der Waals surface area contributed by atoms with E-state index in [2.05, 4.69) is 183 Å². The number of hydrogen-bond acceptors (Lipinski definition) is 3. The monoisotopic (exact) mass is 693 g/mol. The Morgan fingerprint density at radius 2 is 0.811 bits per heavy atom. The highest BCUT2D eigenvalue weighted by Crippen LogP contribution is 2.38. The first kappa shape index (κ1) is 31.3. The molecule has 0 radical (unpaired) electrons. The first-order valence-corrected chi connectivity index (χ1v) is 21.2. The molecular formula is C49H35N3Si. The van der Waals surface area contributed by atoms with Crippen molar-refractivity contribution in [3.8, 4) is 67.5 Å². The molecule has 53 heavy (non-hydrogen) atoms. The van der Waals surface area contributed by atoms with E-state index in [0.29, 0.717) is 17.5 Å². The van der Waals surface area contributed by atoms with Crippen molar-refractivity contribution in [1.82, 2.24) is 15.0 Å². The molecule has 0 atom stereocenters. The Morgan fingerprint density at radius 1 is 0.321 bits per heavy atom. The molecule has 10 rings (SSSR count). The molecule has 9 aromatic rings. The van der Waals surface area contributed by atoms with Crippen LogP contribution in [0.2, 0.25) is 13.1 Å². The third-order valence-electron chi connectivity index (χ3n) is 10.9. The van der Waals surface area contributed by atoms with Gasteiger partial charge in [-0.25, -0.2) is 15.0 Å². The third-order valence-corrected chi connectivity index (χ3v) is 14.4. The van der Waals surface area contributed by atoms with E-state index >= 15 is 0 Å². The van der Waals surface area contributed by atoms with Gasteiger partial charge in [0.25, 0.3) is 0 Å². The molecule has 1 aliphatic rings. The van der Waals surface area contributed by atoms with Crippen LogP contribution in [0.1, 0.15) is 0 Å². The van der Waals surface area contributed by atoms with Gasteiger partial charge in [0.15, 0.2) is 17.5 Å². The maximum Gasteiger partial charge on any atom is 0.164 e. The summed E-state index contributed by atoms with van der Waals surface area (Å²) in [6, 6.07) is 63.0. The Hall–Kier alpha value is -6.49. The van der Waals surface area contributed by atoms with Crippen LogP contribution in [0.25, 0.3) is 89.1 Å². The van der Waals surface area contributed by atoms with Gasteiger partial charge in [0.2, 0.25) is 0 Å². The summed E-state index contributed by atoms with van der Waals surface area (Å²) in [7, 11) is -1.99. The minimum atomic E-state index is -1.99. The van der Waals surface area contributed by atoms with Crippen LogP contribution in [0.5, 0.6) is 0 Å². The minimum absolute atomic E-state index is 0.660. The number of nitrogens with zero attached hydrogens (tertiary/aromatic N) is 3. The van der Waals surface area contributed by atoms with E-state index < -0.39 is 8.07 Å². The molecule has 0 saturated heterocycles. The number of rotatable bonds is 5. The summed E-state index contributed by atoms with van der Waals surface area (Å²) in [5, 5.41) is 7.75. The van der Waals surface area contributed by atoms with E-state index in [1.807, 2.05) is 6.07 Å². The first-order valence-electron chi connectivity index (χ1n) is 18.2. The predicted molar refractivity (Wildman–Crippen MR) is 224 cm³/mol. The van der Waals surface area contributed by atoms with Crippen LogP contribution in [0, 0.1) is 0 Å². The van der Waals surface area contributed by atoms with E-state index in [-0.39, 0.29) is 0 Å². The lowest BCUT2D eigenvalue weighted by atomic mass is 9.96. The molecule has 0 aliphatic carbocycles. The molecule has 4 heteroatoms. The number of fused-ring (bicyclic) bond motifs is 5. The normalized spacial score (nSPS) is 12.9. The van der Waals surface area contributed by atoms with E-state index in [4.69, 9.17) is 15.0 Å². The zero-order valence-corrected chi connectivity index (χ0v) is 30.6. The van der Waals surface area contributed by atoms with Crippen LogP contribution >= 0.6 is 0 Å². The summed E-state index contributed by atoms with van der Waals surface area (Å²) < 4.78 is 0. The second kappa shape index (κ2) is 12.3. The van der Waals surface area contributed by atoms with Crippen molar-refractivity contribution in [2.45, 2.75) is 13.1 Å². The lowest BCUT2D eigenvalue weighted by molar-refractivity contribution is 1.08. The molecule has 3 nitrogen and oxygen atoms in total. The van der Waals surface area contributed by atoms with Gasteiger partial charge in [0.05, 0.1) is 0 Å². The van der Waals surface area contributed by atoms with Gasteiger partial charge in [-0.15, -0.1) is 0 Å². The van der Waals surface area contributed by atoms with Crippen molar-refractivity contribution < 1.29 is 0 Å². The van der Waals surface area contributed by atoms with Crippen LogP contribution in [0.4, 0.5) is 0 Å².